The first-order valence-corrected chi connectivity index (χ1v) is 6.33. The van der Waals surface area contributed by atoms with Crippen molar-refractivity contribution in [2.45, 2.75) is 25.2 Å². The molecule has 5 nitrogen and oxygen atoms in total. The fourth-order valence-electron chi connectivity index (χ4n) is 2.00. The highest BCUT2D eigenvalue weighted by Crippen LogP contribution is 2.27. The maximum absolute atomic E-state index is 12.6. The van der Waals surface area contributed by atoms with E-state index in [-0.39, 0.29) is 18.1 Å². The summed E-state index contributed by atoms with van der Waals surface area (Å²) < 4.78 is 43.3. The van der Waals surface area contributed by atoms with E-state index in [1.165, 1.54) is 0 Å². The van der Waals surface area contributed by atoms with Gasteiger partial charge in [-0.05, 0) is 20.0 Å². The van der Waals surface area contributed by atoms with Crippen LogP contribution < -0.4 is 5.32 Å². The zero-order valence-corrected chi connectivity index (χ0v) is 11.3. The van der Waals surface area contributed by atoms with Gasteiger partial charge in [0.05, 0.1) is 18.8 Å². The van der Waals surface area contributed by atoms with Crippen LogP contribution in [0.25, 0.3) is 0 Å². The van der Waals surface area contributed by atoms with Crippen LogP contribution in [0.4, 0.5) is 19.1 Å². The normalized spacial score (nSPS) is 22.6. The Morgan fingerprint density at radius 3 is 2.90 bits per heavy atom. The molecule has 2 unspecified atom stereocenters. The molecule has 8 heteroatoms. The first kappa shape index (κ1) is 15.0. The van der Waals surface area contributed by atoms with Crippen LogP contribution in [-0.2, 0) is 10.9 Å². The zero-order valence-electron chi connectivity index (χ0n) is 11.3. The van der Waals surface area contributed by atoms with Crippen LogP contribution >= 0.6 is 0 Å². The predicted molar refractivity (Wildman–Crippen MR) is 67.4 cm³/mol. The maximum Gasteiger partial charge on any atom is 0.433 e. The summed E-state index contributed by atoms with van der Waals surface area (Å²) in [4.78, 5) is 9.41. The Morgan fingerprint density at radius 2 is 2.25 bits per heavy atom. The van der Waals surface area contributed by atoms with Crippen LogP contribution in [0.2, 0.25) is 0 Å². The van der Waals surface area contributed by atoms with Crippen molar-refractivity contribution in [3.05, 3.63) is 18.0 Å². The predicted octanol–water partition coefficient (Wildman–Crippen LogP) is 1.63. The number of hydrogen-bond acceptors (Lipinski definition) is 5. The quantitative estimate of drug-likeness (QED) is 0.917. The Labute approximate surface area is 115 Å². The van der Waals surface area contributed by atoms with E-state index >= 15 is 0 Å². The minimum Gasteiger partial charge on any atom is -0.373 e. The van der Waals surface area contributed by atoms with E-state index in [0.717, 1.165) is 18.8 Å². The number of morpholine rings is 1. The smallest absolute Gasteiger partial charge is 0.373 e. The second kappa shape index (κ2) is 5.92. The molecule has 0 aromatic carbocycles. The van der Waals surface area contributed by atoms with E-state index in [1.807, 2.05) is 14.0 Å². The lowest BCUT2D eigenvalue weighted by Crippen LogP contribution is -2.47. The molecule has 1 saturated heterocycles. The van der Waals surface area contributed by atoms with Gasteiger partial charge >= 0.3 is 6.18 Å². The van der Waals surface area contributed by atoms with Gasteiger partial charge in [0.25, 0.3) is 0 Å². The molecule has 2 rings (SSSR count). The molecule has 1 aromatic heterocycles. The molecule has 0 bridgehead atoms. The van der Waals surface area contributed by atoms with Crippen LogP contribution in [0.1, 0.15) is 12.6 Å². The number of ether oxygens (including phenoxy) is 1. The van der Waals surface area contributed by atoms with Gasteiger partial charge in [0.2, 0.25) is 5.95 Å². The van der Waals surface area contributed by atoms with Gasteiger partial charge in [0.15, 0.2) is 0 Å². The Bertz CT molecular complexity index is 455. The van der Waals surface area contributed by atoms with Crippen LogP contribution in [-0.4, -0.2) is 53.8 Å². The summed E-state index contributed by atoms with van der Waals surface area (Å²) in [6.07, 6.45) is -3.48. The van der Waals surface area contributed by atoms with E-state index < -0.39 is 11.9 Å². The van der Waals surface area contributed by atoms with E-state index in [9.17, 15) is 13.2 Å². The highest BCUT2D eigenvalue weighted by molar-refractivity contribution is 5.28. The molecule has 1 N–H and O–H groups in total. The number of likely N-dealkylation sites (N-methyl/N-ethyl adjacent to an activating group) is 1. The van der Waals surface area contributed by atoms with E-state index in [1.54, 1.807) is 0 Å². The fourth-order valence-corrected chi connectivity index (χ4v) is 2.00. The van der Waals surface area contributed by atoms with Crippen molar-refractivity contribution in [3.8, 4) is 0 Å². The number of aromatic nitrogens is 2. The molecule has 1 fully saturated rings. The van der Waals surface area contributed by atoms with Crippen molar-refractivity contribution >= 4 is 5.95 Å². The molecule has 112 valence electrons. The number of hydrogen-bond donors (Lipinski definition) is 1. The van der Waals surface area contributed by atoms with Crippen LogP contribution in [0.5, 0.6) is 0 Å². The third-order valence-corrected chi connectivity index (χ3v) is 3.16. The van der Waals surface area contributed by atoms with Crippen molar-refractivity contribution < 1.29 is 17.9 Å². The Balaban J connectivity index is 2.02. The summed E-state index contributed by atoms with van der Waals surface area (Å²) in [5.41, 5.74) is -0.955. The Kier molecular flexibility index (Phi) is 4.44. The first-order valence-electron chi connectivity index (χ1n) is 6.33. The van der Waals surface area contributed by atoms with Gasteiger partial charge in [-0.25, -0.2) is 9.97 Å². The summed E-state index contributed by atoms with van der Waals surface area (Å²) in [6.45, 7) is 4.01. The second-order valence-corrected chi connectivity index (χ2v) is 4.87. The number of halogens is 3. The molecular weight excluding hydrogens is 273 g/mol. The molecule has 1 aliphatic rings. The highest BCUT2D eigenvalue weighted by Gasteiger charge is 2.33. The monoisotopic (exact) mass is 290 g/mol. The van der Waals surface area contributed by atoms with Gasteiger partial charge in [-0.2, -0.15) is 13.2 Å². The van der Waals surface area contributed by atoms with Gasteiger partial charge in [-0.1, -0.05) is 0 Å². The average molecular weight is 290 g/mol. The summed E-state index contributed by atoms with van der Waals surface area (Å²) in [7, 11) is 1.98. The molecule has 0 amide bonds. The van der Waals surface area contributed by atoms with Crippen molar-refractivity contribution in [2.24, 2.45) is 0 Å². The van der Waals surface area contributed by atoms with Crippen molar-refractivity contribution in [3.63, 3.8) is 0 Å². The number of nitrogens with one attached hydrogen (secondary N) is 1. The second-order valence-electron chi connectivity index (χ2n) is 4.87. The van der Waals surface area contributed by atoms with Gasteiger partial charge in [-0.15, -0.1) is 0 Å². The lowest BCUT2D eigenvalue weighted by molar-refractivity contribution is -0.141. The number of alkyl halides is 3. The van der Waals surface area contributed by atoms with Crippen molar-refractivity contribution in [2.75, 3.05) is 32.1 Å². The zero-order chi connectivity index (χ0) is 14.8. The van der Waals surface area contributed by atoms with Gasteiger partial charge in [0.1, 0.15) is 5.69 Å². The lowest BCUT2D eigenvalue weighted by atomic mass is 10.1. The van der Waals surface area contributed by atoms with Gasteiger partial charge in [-0.3, -0.25) is 0 Å². The molecular formula is C12H17F3N4O. The molecule has 20 heavy (non-hydrogen) atoms. The topological polar surface area (TPSA) is 50.3 Å². The Morgan fingerprint density at radius 1 is 1.50 bits per heavy atom. The molecule has 2 atom stereocenters. The van der Waals surface area contributed by atoms with Crippen LogP contribution in [0.3, 0.4) is 0 Å². The highest BCUT2D eigenvalue weighted by atomic mass is 19.4. The third kappa shape index (κ3) is 3.80. The molecule has 0 aliphatic carbocycles. The number of nitrogens with zero attached hydrogens (tertiary/aromatic N) is 3. The minimum atomic E-state index is -4.47. The molecule has 1 aromatic rings. The largest absolute Gasteiger partial charge is 0.433 e. The molecule has 0 spiro atoms. The summed E-state index contributed by atoms with van der Waals surface area (Å²) in [5.74, 6) is -0.0378. The fraction of sp³-hybridized carbons (Fsp3) is 0.667. The molecule has 2 heterocycles. The average Bonchev–Trinajstić information content (AvgIpc) is 2.38. The van der Waals surface area contributed by atoms with E-state index in [2.05, 4.69) is 20.2 Å². The Hall–Kier alpha value is -1.41. The summed E-state index contributed by atoms with van der Waals surface area (Å²) >= 11 is 0. The minimum absolute atomic E-state index is 0.0378. The lowest BCUT2D eigenvalue weighted by Gasteiger charge is -2.33. The molecule has 1 aliphatic heterocycles. The van der Waals surface area contributed by atoms with Crippen LogP contribution in [0.15, 0.2) is 12.3 Å². The standard InChI is InChI=1S/C12H17F3N4O/c1-8(9-7-19(2)5-6-20-9)17-11-16-4-3-10(18-11)12(13,14)15/h3-4,8-9H,5-7H2,1-2H3,(H,16,17,18). The molecule has 0 radical (unpaired) electrons. The van der Waals surface area contributed by atoms with E-state index in [0.29, 0.717) is 13.2 Å². The summed E-state index contributed by atoms with van der Waals surface area (Å²) in [6, 6.07) is 0.669. The SMILES string of the molecule is CC(Nc1nccc(C(F)(F)F)n1)C1CN(C)CCO1. The number of anilines is 1. The van der Waals surface area contributed by atoms with Gasteiger partial charge in [0, 0.05) is 19.3 Å². The van der Waals surface area contributed by atoms with Gasteiger partial charge < -0.3 is 15.0 Å². The molecule has 0 saturated carbocycles. The first-order chi connectivity index (χ1) is 9.36. The number of rotatable bonds is 3. The van der Waals surface area contributed by atoms with Crippen molar-refractivity contribution in [1.29, 1.82) is 0 Å². The summed E-state index contributed by atoms with van der Waals surface area (Å²) in [5, 5.41) is 2.87. The maximum atomic E-state index is 12.6. The van der Waals surface area contributed by atoms with Crippen LogP contribution in [0, 0.1) is 0 Å². The third-order valence-electron chi connectivity index (χ3n) is 3.16. The van der Waals surface area contributed by atoms with E-state index in [4.69, 9.17) is 4.74 Å². The van der Waals surface area contributed by atoms with Crippen molar-refractivity contribution in [1.82, 2.24) is 14.9 Å².